The van der Waals surface area contributed by atoms with E-state index >= 15 is 0 Å². The number of fused-ring (bicyclic) bond motifs is 2. The van der Waals surface area contributed by atoms with Gasteiger partial charge in [0.05, 0.1) is 18.5 Å². The molecule has 2 atom stereocenters. The smallest absolute Gasteiger partial charge is 0.234 e. The Bertz CT molecular complexity index is 880. The predicted molar refractivity (Wildman–Crippen MR) is 108 cm³/mol. The van der Waals surface area contributed by atoms with Crippen molar-refractivity contribution in [3.8, 4) is 11.5 Å². The molecule has 3 heterocycles. The fourth-order valence-corrected chi connectivity index (χ4v) is 4.76. The number of imide groups is 1. The lowest BCUT2D eigenvalue weighted by Gasteiger charge is -2.33. The Kier molecular flexibility index (Phi) is 4.94. The normalized spacial score (nSPS) is 26.2. The molecule has 2 saturated heterocycles. The van der Waals surface area contributed by atoms with Gasteiger partial charge >= 0.3 is 0 Å². The van der Waals surface area contributed by atoms with Crippen LogP contribution in [0, 0.1) is 17.8 Å². The first-order valence-electron chi connectivity index (χ1n) is 10.5. The van der Waals surface area contributed by atoms with Crippen molar-refractivity contribution in [3.63, 3.8) is 0 Å². The van der Waals surface area contributed by atoms with Crippen molar-refractivity contribution in [2.75, 3.05) is 31.9 Å². The molecule has 1 aliphatic carbocycles. The highest BCUT2D eigenvalue weighted by Crippen LogP contribution is 2.36. The average Bonchev–Trinajstić information content (AvgIpc) is 3.33. The molecule has 4 aliphatic rings. The van der Waals surface area contributed by atoms with Gasteiger partial charge in [0.2, 0.25) is 24.5 Å². The second kappa shape index (κ2) is 7.75. The number of benzene rings is 1. The molecule has 2 fully saturated rings. The van der Waals surface area contributed by atoms with Crippen molar-refractivity contribution in [2.24, 2.45) is 17.8 Å². The highest BCUT2D eigenvalue weighted by atomic mass is 16.7. The second-order valence-electron chi connectivity index (χ2n) is 8.35. The Morgan fingerprint density at radius 3 is 2.37 bits per heavy atom. The first-order chi connectivity index (χ1) is 14.6. The number of ether oxygens (including phenoxy) is 2. The molecule has 0 saturated carbocycles. The van der Waals surface area contributed by atoms with Crippen LogP contribution in [0.15, 0.2) is 30.4 Å². The van der Waals surface area contributed by atoms with Crippen molar-refractivity contribution in [1.29, 1.82) is 0 Å². The van der Waals surface area contributed by atoms with E-state index in [-0.39, 0.29) is 42.3 Å². The highest BCUT2D eigenvalue weighted by molar-refractivity contribution is 6.05. The van der Waals surface area contributed by atoms with Crippen LogP contribution in [0.25, 0.3) is 0 Å². The SMILES string of the molecule is O=C(Nc1ccc2c(c1)OCO2)C1CCN(CN2C(=O)[C@@H]3CC=CC[C@H]3C2=O)CC1. The molecule has 3 amide bonds. The monoisotopic (exact) mass is 411 g/mol. The predicted octanol–water partition coefficient (Wildman–Crippen LogP) is 1.97. The van der Waals surface area contributed by atoms with Gasteiger partial charge in [0.25, 0.3) is 0 Å². The molecular weight excluding hydrogens is 386 g/mol. The van der Waals surface area contributed by atoms with E-state index in [0.29, 0.717) is 62.6 Å². The highest BCUT2D eigenvalue weighted by Gasteiger charge is 2.47. The first-order valence-corrected chi connectivity index (χ1v) is 10.5. The van der Waals surface area contributed by atoms with Gasteiger partial charge in [0, 0.05) is 30.8 Å². The summed E-state index contributed by atoms with van der Waals surface area (Å²) >= 11 is 0. The number of rotatable bonds is 4. The molecule has 0 unspecified atom stereocenters. The van der Waals surface area contributed by atoms with Crippen molar-refractivity contribution in [1.82, 2.24) is 9.80 Å². The number of likely N-dealkylation sites (tertiary alicyclic amines) is 2. The number of allylic oxidation sites excluding steroid dienone is 2. The molecule has 1 aromatic carbocycles. The summed E-state index contributed by atoms with van der Waals surface area (Å²) in [6.45, 7) is 1.90. The van der Waals surface area contributed by atoms with Gasteiger partial charge in [-0.25, -0.2) is 0 Å². The number of nitrogens with one attached hydrogen (secondary N) is 1. The molecule has 0 aromatic heterocycles. The number of nitrogens with zero attached hydrogens (tertiary/aromatic N) is 2. The minimum absolute atomic E-state index is 0.0149. The minimum Gasteiger partial charge on any atom is -0.454 e. The van der Waals surface area contributed by atoms with Gasteiger partial charge in [0.1, 0.15) is 0 Å². The number of hydrogen-bond donors (Lipinski definition) is 1. The van der Waals surface area contributed by atoms with Gasteiger partial charge in [0.15, 0.2) is 11.5 Å². The summed E-state index contributed by atoms with van der Waals surface area (Å²) in [5.74, 6) is 0.748. The third kappa shape index (κ3) is 3.45. The van der Waals surface area contributed by atoms with E-state index in [9.17, 15) is 14.4 Å². The molecule has 8 nitrogen and oxygen atoms in total. The van der Waals surface area contributed by atoms with Gasteiger partial charge in [-0.3, -0.25) is 24.2 Å². The zero-order valence-electron chi connectivity index (χ0n) is 16.7. The number of piperidine rings is 1. The van der Waals surface area contributed by atoms with E-state index in [1.165, 1.54) is 4.90 Å². The molecule has 3 aliphatic heterocycles. The van der Waals surface area contributed by atoms with Gasteiger partial charge in [-0.15, -0.1) is 0 Å². The van der Waals surface area contributed by atoms with Crippen molar-refractivity contribution >= 4 is 23.4 Å². The molecule has 5 rings (SSSR count). The van der Waals surface area contributed by atoms with Gasteiger partial charge in [-0.1, -0.05) is 12.2 Å². The molecule has 30 heavy (non-hydrogen) atoms. The molecule has 0 bridgehead atoms. The molecule has 1 aromatic rings. The van der Waals surface area contributed by atoms with Gasteiger partial charge in [-0.2, -0.15) is 0 Å². The van der Waals surface area contributed by atoms with E-state index < -0.39 is 0 Å². The second-order valence-corrected chi connectivity index (χ2v) is 8.35. The van der Waals surface area contributed by atoms with Crippen molar-refractivity contribution in [2.45, 2.75) is 25.7 Å². The van der Waals surface area contributed by atoms with Crippen LogP contribution in [0.2, 0.25) is 0 Å². The molecular formula is C22H25N3O5. The van der Waals surface area contributed by atoms with Crippen LogP contribution >= 0.6 is 0 Å². The maximum atomic E-state index is 12.7. The van der Waals surface area contributed by atoms with Gasteiger partial charge < -0.3 is 14.8 Å². The Morgan fingerprint density at radius 2 is 1.67 bits per heavy atom. The molecule has 1 N–H and O–H groups in total. The molecule has 0 radical (unpaired) electrons. The molecule has 0 spiro atoms. The minimum atomic E-state index is -0.187. The Hall–Kier alpha value is -2.87. The zero-order chi connectivity index (χ0) is 20.7. The quantitative estimate of drug-likeness (QED) is 0.602. The van der Waals surface area contributed by atoms with Crippen LogP contribution in [0.3, 0.4) is 0 Å². The molecule has 8 heteroatoms. The first kappa shape index (κ1) is 19.1. The number of hydrogen-bond acceptors (Lipinski definition) is 6. The van der Waals surface area contributed by atoms with Gasteiger partial charge in [-0.05, 0) is 37.8 Å². The average molecular weight is 411 g/mol. The summed E-state index contributed by atoms with van der Waals surface area (Å²) in [5.41, 5.74) is 0.691. The maximum absolute atomic E-state index is 12.7. The largest absolute Gasteiger partial charge is 0.454 e. The van der Waals surface area contributed by atoms with Crippen LogP contribution < -0.4 is 14.8 Å². The topological polar surface area (TPSA) is 88.2 Å². The summed E-state index contributed by atoms with van der Waals surface area (Å²) in [5, 5.41) is 2.96. The standard InChI is InChI=1S/C22H25N3O5/c26-20(23-15-5-6-18-19(11-15)30-13-29-18)14-7-9-24(10-8-14)12-25-21(27)16-3-1-2-4-17(16)22(25)28/h1-2,5-6,11,14,16-17H,3-4,7-10,12-13H2,(H,23,26)/t16-,17-/m1/s1. The lowest BCUT2D eigenvalue weighted by molar-refractivity contribution is -0.143. The van der Waals surface area contributed by atoms with Crippen LogP contribution in [0.5, 0.6) is 11.5 Å². The fourth-order valence-electron chi connectivity index (χ4n) is 4.76. The van der Waals surface area contributed by atoms with E-state index in [2.05, 4.69) is 10.2 Å². The van der Waals surface area contributed by atoms with Crippen LogP contribution in [-0.4, -0.2) is 54.1 Å². The maximum Gasteiger partial charge on any atom is 0.234 e. The fraction of sp³-hybridized carbons (Fsp3) is 0.500. The van der Waals surface area contributed by atoms with Crippen LogP contribution in [-0.2, 0) is 14.4 Å². The number of amides is 3. The van der Waals surface area contributed by atoms with E-state index in [1.807, 2.05) is 12.2 Å². The number of carbonyl (C=O) groups excluding carboxylic acids is 3. The van der Waals surface area contributed by atoms with Crippen molar-refractivity contribution in [3.05, 3.63) is 30.4 Å². The Balaban J connectivity index is 1.13. The van der Waals surface area contributed by atoms with E-state index in [0.717, 1.165) is 0 Å². The zero-order valence-corrected chi connectivity index (χ0v) is 16.7. The summed E-state index contributed by atoms with van der Waals surface area (Å²) in [4.78, 5) is 41.5. The third-order valence-corrected chi connectivity index (χ3v) is 6.54. The third-order valence-electron chi connectivity index (χ3n) is 6.54. The summed E-state index contributed by atoms with van der Waals surface area (Å²) in [6, 6.07) is 5.37. The lowest BCUT2D eigenvalue weighted by atomic mass is 9.85. The summed E-state index contributed by atoms with van der Waals surface area (Å²) in [7, 11) is 0. The molecule has 158 valence electrons. The number of carbonyl (C=O) groups is 3. The van der Waals surface area contributed by atoms with E-state index in [4.69, 9.17) is 9.47 Å². The Labute approximate surface area is 174 Å². The Morgan fingerprint density at radius 1 is 1.00 bits per heavy atom. The van der Waals surface area contributed by atoms with Crippen LogP contribution in [0.4, 0.5) is 5.69 Å². The lowest BCUT2D eigenvalue weighted by Crippen LogP contribution is -2.46. The van der Waals surface area contributed by atoms with Crippen LogP contribution in [0.1, 0.15) is 25.7 Å². The van der Waals surface area contributed by atoms with E-state index in [1.54, 1.807) is 18.2 Å². The summed E-state index contributed by atoms with van der Waals surface area (Å²) in [6.07, 6.45) is 6.71. The van der Waals surface area contributed by atoms with Crippen molar-refractivity contribution < 1.29 is 23.9 Å². The summed E-state index contributed by atoms with van der Waals surface area (Å²) < 4.78 is 10.6. The number of anilines is 1.